The van der Waals surface area contributed by atoms with Gasteiger partial charge in [0.1, 0.15) is 35.1 Å². The summed E-state index contributed by atoms with van der Waals surface area (Å²) < 4.78 is 22.3. The number of anilines is 1. The first kappa shape index (κ1) is 43.2. The molecule has 302 valence electrons. The Labute approximate surface area is 334 Å². The highest BCUT2D eigenvalue weighted by atomic mass is 32.1. The number of nitrogens with one attached hydrogen (secondary N) is 2. The number of carbonyl (C=O) groups is 4. The predicted octanol–water partition coefficient (Wildman–Crippen LogP) is 6.31. The highest BCUT2D eigenvalue weighted by Crippen LogP contribution is 2.27. The van der Waals surface area contributed by atoms with Crippen LogP contribution >= 0.6 is 11.3 Å². The van der Waals surface area contributed by atoms with Gasteiger partial charge in [-0.2, -0.15) is 0 Å². The SMILES string of the molecule is CC(C)(C)OC(=O)NCCN=C(N)c1ccc(OC[C@H](ON=C(C(=O)O)c2csc(NC(=O)OC(C)(C)C)n2)C(=O)OC(c2ccccc2)c2ccccc2)cc1. The Morgan fingerprint density at radius 1 is 0.842 bits per heavy atom. The highest BCUT2D eigenvalue weighted by molar-refractivity contribution is 7.14. The normalized spacial score (nSPS) is 12.6. The third-order valence-electron chi connectivity index (χ3n) is 7.14. The number of carboxylic acid groups (broad SMARTS) is 1. The number of nitrogens with two attached hydrogens (primary N) is 1. The quantitative estimate of drug-likeness (QED) is 0.0245. The Morgan fingerprint density at radius 3 is 1.98 bits per heavy atom. The van der Waals surface area contributed by atoms with E-state index in [1.54, 1.807) is 90.1 Å². The number of benzene rings is 3. The zero-order valence-electron chi connectivity index (χ0n) is 32.4. The molecular weight excluding hydrogens is 757 g/mol. The van der Waals surface area contributed by atoms with Crippen molar-refractivity contribution >= 4 is 52.1 Å². The van der Waals surface area contributed by atoms with E-state index in [0.29, 0.717) is 22.4 Å². The number of nitrogens with zero attached hydrogens (tertiary/aromatic N) is 3. The van der Waals surface area contributed by atoms with E-state index in [1.807, 2.05) is 36.4 Å². The number of hydrogen-bond donors (Lipinski definition) is 4. The van der Waals surface area contributed by atoms with Crippen LogP contribution in [0.5, 0.6) is 5.75 Å². The minimum absolute atomic E-state index is 0.0488. The molecule has 1 aromatic heterocycles. The summed E-state index contributed by atoms with van der Waals surface area (Å²) >= 11 is 0.934. The third-order valence-corrected chi connectivity index (χ3v) is 7.90. The zero-order valence-corrected chi connectivity index (χ0v) is 33.2. The molecule has 1 atom stereocenters. The number of carboxylic acids is 1. The lowest BCUT2D eigenvalue weighted by atomic mass is 10.0. The first-order chi connectivity index (χ1) is 27.0. The Kier molecular flexibility index (Phi) is 15.1. The van der Waals surface area contributed by atoms with Gasteiger partial charge in [0, 0.05) is 17.5 Å². The molecule has 4 rings (SSSR count). The summed E-state index contributed by atoms with van der Waals surface area (Å²) in [5, 5.41) is 20.3. The van der Waals surface area contributed by atoms with Gasteiger partial charge in [-0.25, -0.2) is 24.2 Å². The van der Waals surface area contributed by atoms with Crippen LogP contribution in [0.4, 0.5) is 14.7 Å². The molecule has 17 heteroatoms. The van der Waals surface area contributed by atoms with Gasteiger partial charge in [-0.3, -0.25) is 10.3 Å². The highest BCUT2D eigenvalue weighted by Gasteiger charge is 2.30. The molecule has 5 N–H and O–H groups in total. The predicted molar refractivity (Wildman–Crippen MR) is 214 cm³/mol. The van der Waals surface area contributed by atoms with Crippen LogP contribution in [0.1, 0.15) is 70.0 Å². The van der Waals surface area contributed by atoms with Crippen molar-refractivity contribution in [2.24, 2.45) is 15.9 Å². The summed E-state index contributed by atoms with van der Waals surface area (Å²) in [6, 6.07) is 24.6. The largest absolute Gasteiger partial charge is 0.489 e. The smallest absolute Gasteiger partial charge is 0.413 e. The number of aliphatic imine (C=N–C) groups is 1. The number of carbonyl (C=O) groups excluding carboxylic acids is 3. The summed E-state index contributed by atoms with van der Waals surface area (Å²) in [6.45, 7) is 10.3. The van der Waals surface area contributed by atoms with Crippen molar-refractivity contribution in [1.82, 2.24) is 10.3 Å². The average molecular weight is 803 g/mol. The Morgan fingerprint density at radius 2 is 1.42 bits per heavy atom. The molecule has 0 aliphatic heterocycles. The van der Waals surface area contributed by atoms with Crippen molar-refractivity contribution in [3.63, 3.8) is 0 Å². The molecular formula is C40H46N6O10S. The molecule has 0 unspecified atom stereocenters. The fourth-order valence-corrected chi connectivity index (χ4v) is 5.37. The number of aromatic nitrogens is 1. The molecule has 0 bridgehead atoms. The molecule has 0 saturated carbocycles. The topological polar surface area (TPSA) is 222 Å². The number of amides is 2. The second-order valence-corrected chi connectivity index (χ2v) is 15.0. The summed E-state index contributed by atoms with van der Waals surface area (Å²) in [7, 11) is 0. The molecule has 16 nitrogen and oxygen atoms in total. The number of amidine groups is 1. The van der Waals surface area contributed by atoms with Crippen molar-refractivity contribution in [2.45, 2.75) is 65.0 Å². The second-order valence-electron chi connectivity index (χ2n) is 14.2. The van der Waals surface area contributed by atoms with Crippen LogP contribution in [0.25, 0.3) is 0 Å². The monoisotopic (exact) mass is 802 g/mol. The van der Waals surface area contributed by atoms with E-state index in [0.717, 1.165) is 11.3 Å². The number of ether oxygens (including phenoxy) is 4. The molecule has 0 spiro atoms. The number of alkyl carbamates (subject to hydrolysis) is 1. The van der Waals surface area contributed by atoms with Crippen LogP contribution in [0.3, 0.4) is 0 Å². The van der Waals surface area contributed by atoms with Crippen molar-refractivity contribution in [1.29, 1.82) is 0 Å². The van der Waals surface area contributed by atoms with Gasteiger partial charge in [0.2, 0.25) is 5.71 Å². The molecule has 2 amide bonds. The number of oxime groups is 1. The molecule has 1 heterocycles. The lowest BCUT2D eigenvalue weighted by molar-refractivity contribution is -0.163. The Balaban J connectivity index is 1.52. The van der Waals surface area contributed by atoms with Gasteiger partial charge in [-0.05, 0) is 76.9 Å². The number of esters is 1. The van der Waals surface area contributed by atoms with Gasteiger partial charge in [0.25, 0.3) is 6.10 Å². The number of hydrogen-bond acceptors (Lipinski definition) is 13. The second kappa shape index (κ2) is 19.9. The maximum Gasteiger partial charge on any atom is 0.413 e. The van der Waals surface area contributed by atoms with Gasteiger partial charge in [-0.1, -0.05) is 65.8 Å². The van der Waals surface area contributed by atoms with Crippen molar-refractivity contribution < 1.29 is 48.1 Å². The van der Waals surface area contributed by atoms with Gasteiger partial charge >= 0.3 is 24.1 Å². The van der Waals surface area contributed by atoms with Crippen LogP contribution < -0.4 is 21.1 Å². The molecule has 0 fully saturated rings. The Bertz CT molecular complexity index is 1990. The lowest BCUT2D eigenvalue weighted by Gasteiger charge is -2.22. The van der Waals surface area contributed by atoms with Gasteiger partial charge in [0.05, 0.1) is 6.54 Å². The van der Waals surface area contributed by atoms with Crippen LogP contribution in [0.15, 0.2) is 100 Å². The summed E-state index contributed by atoms with van der Waals surface area (Å²) in [5.74, 6) is -1.90. The van der Waals surface area contributed by atoms with E-state index < -0.39 is 59.9 Å². The third kappa shape index (κ3) is 14.6. The molecule has 0 saturated heterocycles. The van der Waals surface area contributed by atoms with Gasteiger partial charge in [-0.15, -0.1) is 11.3 Å². The van der Waals surface area contributed by atoms with E-state index in [1.165, 1.54) is 5.38 Å². The average Bonchev–Trinajstić information content (AvgIpc) is 3.60. The summed E-state index contributed by atoms with van der Waals surface area (Å²) in [5.41, 5.74) is 5.88. The van der Waals surface area contributed by atoms with E-state index >= 15 is 0 Å². The van der Waals surface area contributed by atoms with E-state index in [2.05, 4.69) is 25.8 Å². The number of rotatable bonds is 16. The number of thiazole rings is 1. The molecule has 3 aromatic carbocycles. The fourth-order valence-electron chi connectivity index (χ4n) is 4.69. The van der Waals surface area contributed by atoms with Crippen LogP contribution in [0.2, 0.25) is 0 Å². The molecule has 0 aliphatic carbocycles. The van der Waals surface area contributed by atoms with Crippen LogP contribution in [0, 0.1) is 0 Å². The number of aliphatic carboxylic acids is 1. The van der Waals surface area contributed by atoms with E-state index in [9.17, 15) is 24.3 Å². The van der Waals surface area contributed by atoms with E-state index in [4.69, 9.17) is 29.5 Å². The van der Waals surface area contributed by atoms with Gasteiger partial charge < -0.3 is 39.9 Å². The maximum atomic E-state index is 13.9. The first-order valence-electron chi connectivity index (χ1n) is 17.7. The maximum absolute atomic E-state index is 13.9. The first-order valence-corrected chi connectivity index (χ1v) is 18.6. The van der Waals surface area contributed by atoms with Crippen LogP contribution in [-0.4, -0.2) is 82.8 Å². The fraction of sp³-hybridized carbons (Fsp3) is 0.325. The minimum Gasteiger partial charge on any atom is -0.489 e. The van der Waals surface area contributed by atoms with E-state index in [-0.39, 0.29) is 29.8 Å². The van der Waals surface area contributed by atoms with Crippen LogP contribution in [-0.2, 0) is 28.6 Å². The molecule has 4 aromatic rings. The summed E-state index contributed by atoms with van der Waals surface area (Å²) in [6.07, 6.45) is -3.77. The molecule has 0 radical (unpaired) electrons. The lowest BCUT2D eigenvalue weighted by Crippen LogP contribution is -2.34. The van der Waals surface area contributed by atoms with Crippen molar-refractivity contribution in [3.05, 3.63) is 113 Å². The van der Waals surface area contributed by atoms with Crippen molar-refractivity contribution in [2.75, 3.05) is 25.0 Å². The zero-order chi connectivity index (χ0) is 41.6. The Hall–Kier alpha value is -6.49. The van der Waals surface area contributed by atoms with Gasteiger partial charge in [0.15, 0.2) is 11.2 Å². The van der Waals surface area contributed by atoms with Crippen molar-refractivity contribution in [3.8, 4) is 5.75 Å². The minimum atomic E-state index is -1.57. The molecule has 0 aliphatic rings. The molecule has 57 heavy (non-hydrogen) atoms. The standard InChI is InChI=1S/C40H46N6O10S/c1-39(2,3)54-37(50)43-22-21-42-33(41)27-17-19-28(20-18-27)52-23-30(35(49)53-32(25-13-9-7-10-14-25)26-15-11-8-12-16-26)56-46-31(34(47)48)29-24-57-36(44-29)45-38(51)55-40(4,5)6/h7-20,24,30,32H,21-23H2,1-6H3,(H2,41,42)(H,43,50)(H,47,48)(H,44,45,51)/t30-/m0/s1. The summed E-state index contributed by atoms with van der Waals surface area (Å²) in [4.78, 5) is 64.3.